The van der Waals surface area contributed by atoms with Gasteiger partial charge in [-0.1, -0.05) is 6.92 Å². The van der Waals surface area contributed by atoms with Gasteiger partial charge in [-0.05, 0) is 143 Å². The number of hydrogen-bond acceptors (Lipinski definition) is 5. The smallest absolute Gasteiger partial charge is 0.306 e. The van der Waals surface area contributed by atoms with Gasteiger partial charge < -0.3 is 14.2 Å². The molecule has 1 heterocycles. The molecule has 1 aromatic heterocycles. The molecule has 47 heavy (non-hydrogen) atoms. The average Bonchev–Trinajstić information content (AvgIpc) is 2.98. The van der Waals surface area contributed by atoms with Crippen molar-refractivity contribution in [3.8, 4) is 11.1 Å². The lowest BCUT2D eigenvalue weighted by Crippen LogP contribution is -2.35. The predicted octanol–water partition coefficient (Wildman–Crippen LogP) is 7.87. The maximum absolute atomic E-state index is 14.4. The van der Waals surface area contributed by atoms with Crippen LogP contribution in [0, 0.1) is 38.3 Å². The maximum atomic E-state index is 14.4. The van der Waals surface area contributed by atoms with Crippen LogP contribution in [0.15, 0.2) is 41.3 Å². The van der Waals surface area contributed by atoms with Crippen molar-refractivity contribution in [1.82, 2.24) is 9.47 Å². The third-order valence-corrected chi connectivity index (χ3v) is 8.45. The molecule has 1 fully saturated rings. The lowest BCUT2D eigenvalue weighted by atomic mass is 9.85. The molecule has 256 valence electrons. The Morgan fingerprint density at radius 3 is 2.26 bits per heavy atom. The van der Waals surface area contributed by atoms with Gasteiger partial charge in [-0.3, -0.25) is 14.4 Å². The summed E-state index contributed by atoms with van der Waals surface area (Å²) in [7, 11) is 3.80. The van der Waals surface area contributed by atoms with Crippen LogP contribution in [0.25, 0.3) is 11.1 Å². The number of Topliss-reactive ketones (excluding diaryl/α,β-unsaturated/α-hetero) is 1. The number of hydrogen-bond donors (Lipinski definition) is 0. The molecule has 0 bridgehead atoms. The number of likely N-dealkylation sites (N-methyl/N-ethyl adjacent to an activating group) is 1. The molecule has 10 heteroatoms. The summed E-state index contributed by atoms with van der Waals surface area (Å²) in [6, 6.07) is 7.12. The number of pyridine rings is 1. The van der Waals surface area contributed by atoms with Gasteiger partial charge in [0, 0.05) is 25.6 Å². The molecule has 1 saturated carbocycles. The second-order valence-corrected chi connectivity index (χ2v) is 12.7. The van der Waals surface area contributed by atoms with Crippen molar-refractivity contribution < 1.29 is 31.9 Å². The van der Waals surface area contributed by atoms with E-state index < -0.39 is 23.6 Å². The van der Waals surface area contributed by atoms with Crippen LogP contribution in [-0.2, 0) is 27.2 Å². The van der Waals surface area contributed by atoms with Gasteiger partial charge >= 0.3 is 5.97 Å². The molecule has 0 saturated heterocycles. The molecule has 6 nitrogen and oxygen atoms in total. The molecule has 0 aliphatic heterocycles. The number of carbonyl (C=O) groups excluding carboxylic acids is 2. The van der Waals surface area contributed by atoms with Gasteiger partial charge in [0.05, 0.1) is 18.2 Å². The quantitative estimate of drug-likeness (QED) is 0.164. The van der Waals surface area contributed by atoms with Gasteiger partial charge in [-0.15, -0.1) is 0 Å². The minimum absolute atomic E-state index is 0.0322. The van der Waals surface area contributed by atoms with Gasteiger partial charge in [0.15, 0.2) is 5.78 Å². The third-order valence-electron chi connectivity index (χ3n) is 8.45. The molecule has 4 rings (SSSR count). The molecule has 2 aromatic carbocycles. The molecule has 1 aliphatic carbocycles. The van der Waals surface area contributed by atoms with Crippen molar-refractivity contribution in [3.63, 3.8) is 0 Å². The summed E-state index contributed by atoms with van der Waals surface area (Å²) < 4.78 is 60.5. The molecule has 0 spiro atoms. The van der Waals surface area contributed by atoms with Gasteiger partial charge in [-0.2, -0.15) is 0 Å². The average molecular weight is 659 g/mol. The summed E-state index contributed by atoms with van der Waals surface area (Å²) in [5.41, 5.74) is 3.74. The number of aryl methyl sites for hydroxylation is 4. The largest absolute Gasteiger partial charge is 0.466 e. The number of carbonyl (C=O) groups is 2. The topological polar surface area (TPSA) is 68.6 Å². The van der Waals surface area contributed by atoms with Crippen LogP contribution in [0.2, 0.25) is 0 Å². The fraction of sp³-hybridized carbons (Fsp3) is 0.486. The second kappa shape index (κ2) is 16.9. The van der Waals surface area contributed by atoms with Crippen molar-refractivity contribution >= 4 is 11.8 Å². The van der Waals surface area contributed by atoms with Crippen molar-refractivity contribution in [3.05, 3.63) is 91.9 Å². The molecule has 2 atom stereocenters. The Morgan fingerprint density at radius 1 is 1.00 bits per heavy atom. The Labute approximate surface area is 274 Å². The highest BCUT2D eigenvalue weighted by Gasteiger charge is 2.30. The highest BCUT2D eigenvalue weighted by molar-refractivity contribution is 5.83. The zero-order valence-electron chi connectivity index (χ0n) is 28.4. The minimum atomic E-state index is -2.83. The number of alkyl halides is 2. The van der Waals surface area contributed by atoms with Crippen LogP contribution in [0.4, 0.5) is 17.6 Å². The van der Waals surface area contributed by atoms with Crippen LogP contribution < -0.4 is 5.56 Å². The molecule has 0 N–H and O–H groups in total. The summed E-state index contributed by atoms with van der Waals surface area (Å²) in [5, 5.41) is 0. The van der Waals surface area contributed by atoms with Crippen LogP contribution in [-0.4, -0.2) is 48.5 Å². The Bertz CT molecular complexity index is 1610. The molecule has 1 aliphatic rings. The number of nitrogens with zero attached hydrogens (tertiary/aromatic N) is 2. The normalized spacial score (nSPS) is 16.3. The molecule has 0 amide bonds. The SMILES string of the molecule is CC1CCC(=O)C(n2cc(CCN(C)C)cc(C(F)F)c2=O)C1.CCOC(=O)CCc1cc(-c2c(C)cc(F)cc2C)cc(C)c1F. The van der Waals surface area contributed by atoms with E-state index in [1.807, 2.05) is 39.8 Å². The number of benzene rings is 2. The zero-order valence-corrected chi connectivity index (χ0v) is 28.4. The second-order valence-electron chi connectivity index (χ2n) is 12.7. The fourth-order valence-electron chi connectivity index (χ4n) is 6.02. The lowest BCUT2D eigenvalue weighted by Gasteiger charge is -2.28. The van der Waals surface area contributed by atoms with E-state index in [0.717, 1.165) is 28.7 Å². The first-order valence-corrected chi connectivity index (χ1v) is 16.0. The van der Waals surface area contributed by atoms with E-state index in [0.29, 0.717) is 55.0 Å². The summed E-state index contributed by atoms with van der Waals surface area (Å²) in [4.78, 5) is 38.0. The van der Waals surface area contributed by atoms with Gasteiger partial charge in [0.2, 0.25) is 0 Å². The Morgan fingerprint density at radius 2 is 1.66 bits per heavy atom. The molecule has 0 radical (unpaired) electrons. The predicted molar refractivity (Wildman–Crippen MR) is 176 cm³/mol. The van der Waals surface area contributed by atoms with Crippen LogP contribution >= 0.6 is 0 Å². The van der Waals surface area contributed by atoms with E-state index in [4.69, 9.17) is 4.74 Å². The Kier molecular flexibility index (Phi) is 13.5. The fourth-order valence-corrected chi connectivity index (χ4v) is 6.02. The molecular weight excluding hydrogens is 612 g/mol. The van der Waals surface area contributed by atoms with Crippen molar-refractivity contribution in [2.45, 2.75) is 85.6 Å². The van der Waals surface area contributed by atoms with Crippen LogP contribution in [0.1, 0.15) is 85.4 Å². The number of ether oxygens (including phenoxy) is 1. The minimum Gasteiger partial charge on any atom is -0.466 e. The molecule has 3 aromatic rings. The van der Waals surface area contributed by atoms with E-state index >= 15 is 0 Å². The van der Waals surface area contributed by atoms with Crippen LogP contribution in [0.5, 0.6) is 0 Å². The first kappa shape index (κ1) is 37.7. The molecule has 2 unspecified atom stereocenters. The van der Waals surface area contributed by atoms with Crippen LogP contribution in [0.3, 0.4) is 0 Å². The number of ketones is 1. The Hall–Kier alpha value is -3.79. The summed E-state index contributed by atoms with van der Waals surface area (Å²) in [5.74, 6) is -0.648. The lowest BCUT2D eigenvalue weighted by molar-refractivity contribution is -0.143. The summed E-state index contributed by atoms with van der Waals surface area (Å²) >= 11 is 0. The number of aromatic nitrogens is 1. The van der Waals surface area contributed by atoms with E-state index in [2.05, 4.69) is 0 Å². The molecular formula is C37H46F4N2O4. The Balaban J connectivity index is 0.000000256. The number of esters is 1. The maximum Gasteiger partial charge on any atom is 0.306 e. The zero-order chi connectivity index (χ0) is 35.0. The monoisotopic (exact) mass is 658 g/mol. The first-order valence-electron chi connectivity index (χ1n) is 16.0. The van der Waals surface area contributed by atoms with Crippen molar-refractivity contribution in [2.24, 2.45) is 5.92 Å². The van der Waals surface area contributed by atoms with E-state index in [9.17, 15) is 31.9 Å². The van der Waals surface area contributed by atoms with Crippen molar-refractivity contribution in [2.75, 3.05) is 27.2 Å². The highest BCUT2D eigenvalue weighted by Crippen LogP contribution is 2.32. The third kappa shape index (κ3) is 10.1. The standard InChI is InChI=1S/C20H22F2O2.C17H24F2N2O2/c1-5-24-18(23)7-6-15-11-16(8-14(4)20(15)22)19-12(2)9-17(21)10-13(19)3;1-11-4-5-15(22)14(8-11)21-10-12(6-7-20(2)3)9-13(16(18)19)17(21)23/h8-11H,5-7H2,1-4H3;9-11,14,16H,4-8H2,1-3H3. The van der Waals surface area contributed by atoms with Gasteiger partial charge in [-0.25, -0.2) is 17.6 Å². The van der Waals surface area contributed by atoms with E-state index in [1.54, 1.807) is 32.2 Å². The summed E-state index contributed by atoms with van der Waals surface area (Å²) in [6.07, 6.45) is 1.48. The van der Waals surface area contributed by atoms with Crippen molar-refractivity contribution in [1.29, 1.82) is 0 Å². The summed E-state index contributed by atoms with van der Waals surface area (Å²) in [6.45, 7) is 10.1. The number of rotatable bonds is 10. The van der Waals surface area contributed by atoms with E-state index in [-0.39, 0.29) is 36.2 Å². The number of halogens is 4. The van der Waals surface area contributed by atoms with E-state index in [1.165, 1.54) is 22.8 Å². The van der Waals surface area contributed by atoms with Gasteiger partial charge in [0.1, 0.15) is 11.6 Å². The van der Waals surface area contributed by atoms with Gasteiger partial charge in [0.25, 0.3) is 12.0 Å². The highest BCUT2D eigenvalue weighted by atomic mass is 19.3. The first-order chi connectivity index (χ1) is 22.1.